The van der Waals surface area contributed by atoms with E-state index in [0.29, 0.717) is 0 Å². The minimum Gasteiger partial charge on any atom is -0.317 e. The van der Waals surface area contributed by atoms with Crippen LogP contribution in [-0.2, 0) is 19.9 Å². The molecule has 0 aromatic heterocycles. The van der Waals surface area contributed by atoms with Gasteiger partial charge in [0.2, 0.25) is 10.0 Å². The normalized spacial score (nSPS) is 17.0. The van der Waals surface area contributed by atoms with Crippen molar-refractivity contribution >= 4 is 48.2 Å². The van der Waals surface area contributed by atoms with Gasteiger partial charge in [-0.05, 0) is 60.1 Å². The third-order valence-electron chi connectivity index (χ3n) is 3.28. The quantitative estimate of drug-likeness (QED) is 0.747. The van der Waals surface area contributed by atoms with Crippen LogP contribution in [0.1, 0.15) is 12.8 Å². The zero-order valence-corrected chi connectivity index (χ0v) is 15.9. The lowest BCUT2D eigenvalue weighted by molar-refractivity contribution is 0.427. The Labute approximate surface area is 145 Å². The Bertz CT molecular complexity index is 731. The average molecular weight is 434 g/mol. The van der Waals surface area contributed by atoms with Crippen LogP contribution in [0.25, 0.3) is 0 Å². The fraction of sp³-hybridized carbons (Fsp3) is 0.500. The molecule has 2 rings (SSSR count). The number of sulfonamides is 1. The Morgan fingerprint density at radius 3 is 2.27 bits per heavy atom. The lowest BCUT2D eigenvalue weighted by atomic mass is 10.1. The first-order chi connectivity index (χ1) is 9.70. The van der Waals surface area contributed by atoms with Gasteiger partial charge in [-0.2, -0.15) is 0 Å². The largest absolute Gasteiger partial charge is 0.317 e. The summed E-state index contributed by atoms with van der Waals surface area (Å²) in [6.07, 6.45) is 2.55. The highest BCUT2D eigenvalue weighted by molar-refractivity contribution is 9.10. The van der Waals surface area contributed by atoms with E-state index in [1.807, 2.05) is 0 Å². The Balaban J connectivity index is 0.00000242. The molecule has 10 heteroatoms. The standard InChI is InChI=1S/C12H17BrN2O4S2.ClH/c1-20(16,17)10-2-3-12(11(13)8-10)21(18,19)15-9-4-6-14-7-5-9;/h2-3,8-9,14-15H,4-7H2,1H3;1H. The molecule has 0 aliphatic carbocycles. The molecule has 6 nitrogen and oxygen atoms in total. The van der Waals surface area contributed by atoms with E-state index in [9.17, 15) is 16.8 Å². The van der Waals surface area contributed by atoms with E-state index >= 15 is 0 Å². The van der Waals surface area contributed by atoms with Gasteiger partial charge in [0.05, 0.1) is 9.79 Å². The van der Waals surface area contributed by atoms with Crippen LogP contribution in [0.2, 0.25) is 0 Å². The molecular formula is C12H18BrClN2O4S2. The fourth-order valence-electron chi connectivity index (χ4n) is 2.15. The third-order valence-corrected chi connectivity index (χ3v) is 6.89. The van der Waals surface area contributed by atoms with E-state index < -0.39 is 19.9 Å². The van der Waals surface area contributed by atoms with Gasteiger partial charge in [-0.3, -0.25) is 0 Å². The van der Waals surface area contributed by atoms with Crippen molar-refractivity contribution in [3.63, 3.8) is 0 Å². The number of halogens is 2. The van der Waals surface area contributed by atoms with Gasteiger partial charge in [0.1, 0.15) is 0 Å². The summed E-state index contributed by atoms with van der Waals surface area (Å²) in [5.41, 5.74) is 0. The molecule has 1 saturated heterocycles. The molecule has 1 heterocycles. The van der Waals surface area contributed by atoms with Crippen LogP contribution >= 0.6 is 28.3 Å². The second kappa shape index (κ2) is 7.59. The van der Waals surface area contributed by atoms with Gasteiger partial charge < -0.3 is 5.32 Å². The van der Waals surface area contributed by atoms with Gasteiger partial charge in [0.15, 0.2) is 9.84 Å². The van der Waals surface area contributed by atoms with E-state index in [1.54, 1.807) is 0 Å². The van der Waals surface area contributed by atoms with Gasteiger partial charge in [0, 0.05) is 16.8 Å². The Morgan fingerprint density at radius 1 is 1.18 bits per heavy atom. The predicted molar refractivity (Wildman–Crippen MR) is 90.7 cm³/mol. The average Bonchev–Trinajstić information content (AvgIpc) is 2.37. The van der Waals surface area contributed by atoms with Crippen LogP contribution in [0.3, 0.4) is 0 Å². The van der Waals surface area contributed by atoms with E-state index in [2.05, 4.69) is 26.0 Å². The van der Waals surface area contributed by atoms with Crippen LogP contribution in [0.15, 0.2) is 32.5 Å². The molecule has 0 unspecified atom stereocenters. The molecule has 0 radical (unpaired) electrons. The summed E-state index contributed by atoms with van der Waals surface area (Å²) in [5.74, 6) is 0. The van der Waals surface area contributed by atoms with E-state index in [1.165, 1.54) is 18.2 Å². The zero-order valence-electron chi connectivity index (χ0n) is 11.9. The number of sulfone groups is 1. The lowest BCUT2D eigenvalue weighted by Crippen LogP contribution is -2.42. The van der Waals surface area contributed by atoms with E-state index in [-0.39, 0.29) is 32.7 Å². The minimum absolute atomic E-state index is 0. The summed E-state index contributed by atoms with van der Waals surface area (Å²) in [4.78, 5) is 0.128. The molecule has 2 N–H and O–H groups in total. The molecule has 0 spiro atoms. The van der Waals surface area contributed by atoms with Crippen LogP contribution < -0.4 is 10.0 Å². The van der Waals surface area contributed by atoms with Gasteiger partial charge >= 0.3 is 0 Å². The molecule has 1 aromatic rings. The smallest absolute Gasteiger partial charge is 0.241 e. The molecule has 1 fully saturated rings. The predicted octanol–water partition coefficient (Wildman–Crippen LogP) is 1.30. The second-order valence-electron chi connectivity index (χ2n) is 5.01. The topological polar surface area (TPSA) is 92.3 Å². The van der Waals surface area contributed by atoms with Crippen molar-refractivity contribution in [2.24, 2.45) is 0 Å². The van der Waals surface area contributed by atoms with Crippen molar-refractivity contribution in [3.8, 4) is 0 Å². The number of rotatable bonds is 4. The third kappa shape index (κ3) is 4.90. The molecule has 0 saturated carbocycles. The summed E-state index contributed by atoms with van der Waals surface area (Å²) >= 11 is 3.14. The van der Waals surface area contributed by atoms with Crippen molar-refractivity contribution in [2.45, 2.75) is 28.7 Å². The van der Waals surface area contributed by atoms with Gasteiger partial charge in [0.25, 0.3) is 0 Å². The van der Waals surface area contributed by atoms with Crippen LogP contribution in [0, 0.1) is 0 Å². The maximum Gasteiger partial charge on any atom is 0.241 e. The maximum atomic E-state index is 12.4. The van der Waals surface area contributed by atoms with Crippen molar-refractivity contribution in [2.75, 3.05) is 19.3 Å². The second-order valence-corrected chi connectivity index (χ2v) is 9.56. The van der Waals surface area contributed by atoms with Crippen molar-refractivity contribution < 1.29 is 16.8 Å². The summed E-state index contributed by atoms with van der Waals surface area (Å²) in [7, 11) is -7.04. The van der Waals surface area contributed by atoms with E-state index in [4.69, 9.17) is 0 Å². The van der Waals surface area contributed by atoms with Crippen molar-refractivity contribution in [1.29, 1.82) is 0 Å². The van der Waals surface area contributed by atoms with Crippen molar-refractivity contribution in [3.05, 3.63) is 22.7 Å². The fourth-order valence-corrected chi connectivity index (χ4v) is 5.33. The molecule has 0 bridgehead atoms. The zero-order chi connectivity index (χ0) is 15.7. The number of piperidine rings is 1. The molecule has 1 aliphatic rings. The number of benzene rings is 1. The van der Waals surface area contributed by atoms with Gasteiger partial charge in [-0.15, -0.1) is 12.4 Å². The van der Waals surface area contributed by atoms with Crippen LogP contribution in [0.4, 0.5) is 0 Å². The van der Waals surface area contributed by atoms with Crippen LogP contribution in [0.5, 0.6) is 0 Å². The van der Waals surface area contributed by atoms with E-state index in [0.717, 1.165) is 32.2 Å². The first kappa shape index (κ1) is 19.9. The molecule has 126 valence electrons. The SMILES string of the molecule is CS(=O)(=O)c1ccc(S(=O)(=O)NC2CCNCC2)c(Br)c1.Cl. The Hall–Kier alpha value is -0.190. The Morgan fingerprint density at radius 2 is 1.77 bits per heavy atom. The van der Waals surface area contributed by atoms with Crippen molar-refractivity contribution in [1.82, 2.24) is 10.0 Å². The maximum absolute atomic E-state index is 12.4. The molecule has 0 amide bonds. The number of hydrogen-bond donors (Lipinski definition) is 2. The van der Waals surface area contributed by atoms with Crippen LogP contribution in [-0.4, -0.2) is 42.2 Å². The van der Waals surface area contributed by atoms with Gasteiger partial charge in [-0.25, -0.2) is 21.6 Å². The summed E-state index contributed by atoms with van der Waals surface area (Å²) in [6, 6.07) is 3.82. The molecular weight excluding hydrogens is 416 g/mol. The summed E-state index contributed by atoms with van der Waals surface area (Å²) in [6.45, 7) is 1.56. The first-order valence-electron chi connectivity index (χ1n) is 6.43. The highest BCUT2D eigenvalue weighted by atomic mass is 79.9. The summed E-state index contributed by atoms with van der Waals surface area (Å²) in [5, 5.41) is 3.16. The van der Waals surface area contributed by atoms with Gasteiger partial charge in [-0.1, -0.05) is 0 Å². The number of hydrogen-bond acceptors (Lipinski definition) is 5. The first-order valence-corrected chi connectivity index (χ1v) is 10.6. The molecule has 1 aromatic carbocycles. The molecule has 22 heavy (non-hydrogen) atoms. The highest BCUT2D eigenvalue weighted by Gasteiger charge is 2.24. The molecule has 0 atom stereocenters. The lowest BCUT2D eigenvalue weighted by Gasteiger charge is -2.23. The minimum atomic E-state index is -3.67. The highest BCUT2D eigenvalue weighted by Crippen LogP contribution is 2.25. The summed E-state index contributed by atoms with van der Waals surface area (Å²) < 4.78 is 50.6. The monoisotopic (exact) mass is 432 g/mol. The number of nitrogens with one attached hydrogen (secondary N) is 2. The Kier molecular flexibility index (Phi) is 6.85. The molecule has 1 aliphatic heterocycles.